The van der Waals surface area contributed by atoms with Crippen molar-refractivity contribution in [3.05, 3.63) is 54.6 Å². The predicted octanol–water partition coefficient (Wildman–Crippen LogP) is 5.32. The van der Waals surface area contributed by atoms with Crippen molar-refractivity contribution in [3.8, 4) is 11.5 Å². The zero-order valence-electron chi connectivity index (χ0n) is 16.2. The van der Waals surface area contributed by atoms with Gasteiger partial charge < -0.3 is 14.8 Å². The Kier molecular flexibility index (Phi) is 7.06. The molecule has 0 unspecified atom stereocenters. The van der Waals surface area contributed by atoms with Gasteiger partial charge in [0.1, 0.15) is 11.5 Å². The van der Waals surface area contributed by atoms with Crippen molar-refractivity contribution >= 4 is 17.6 Å². The molecule has 0 aliphatic heterocycles. The molecule has 28 heavy (non-hydrogen) atoms. The fourth-order valence-electron chi connectivity index (χ4n) is 3.41. The maximum Gasteiger partial charge on any atom is 0.306 e. The molecular formula is C23H27NO4. The Morgan fingerprint density at radius 1 is 1.00 bits per heavy atom. The van der Waals surface area contributed by atoms with Gasteiger partial charge in [0.25, 0.3) is 5.91 Å². The largest absolute Gasteiger partial charge is 0.457 e. The highest BCUT2D eigenvalue weighted by molar-refractivity contribution is 5.95. The topological polar surface area (TPSA) is 64.6 Å². The van der Waals surface area contributed by atoms with E-state index in [-0.39, 0.29) is 11.9 Å². The Morgan fingerprint density at radius 2 is 1.64 bits per heavy atom. The first kappa shape index (κ1) is 19.9. The number of rotatable bonds is 8. The predicted molar refractivity (Wildman–Crippen MR) is 108 cm³/mol. The van der Waals surface area contributed by atoms with Crippen molar-refractivity contribution < 1.29 is 19.1 Å². The van der Waals surface area contributed by atoms with Crippen LogP contribution in [0.5, 0.6) is 11.5 Å². The Labute approximate surface area is 166 Å². The molecule has 0 aromatic heterocycles. The normalized spacial score (nSPS) is 15.0. The Balaban J connectivity index is 1.43. The van der Waals surface area contributed by atoms with E-state index in [0.29, 0.717) is 23.8 Å². The molecular weight excluding hydrogens is 354 g/mol. The van der Waals surface area contributed by atoms with Gasteiger partial charge in [-0.1, -0.05) is 43.9 Å². The fraction of sp³-hybridized carbons (Fsp3) is 0.391. The molecule has 0 radical (unpaired) electrons. The van der Waals surface area contributed by atoms with Gasteiger partial charge in [0, 0.05) is 12.1 Å². The van der Waals surface area contributed by atoms with E-state index in [0.717, 1.165) is 12.2 Å². The highest BCUT2D eigenvalue weighted by atomic mass is 16.5. The summed E-state index contributed by atoms with van der Waals surface area (Å²) in [4.78, 5) is 24.2. The van der Waals surface area contributed by atoms with Crippen LogP contribution in [0.4, 0.5) is 5.69 Å². The maximum absolute atomic E-state index is 12.3. The zero-order valence-corrected chi connectivity index (χ0v) is 16.2. The Morgan fingerprint density at radius 3 is 2.32 bits per heavy atom. The van der Waals surface area contributed by atoms with E-state index in [2.05, 4.69) is 5.32 Å². The Hall–Kier alpha value is -2.82. The van der Waals surface area contributed by atoms with Crippen LogP contribution in [0.25, 0.3) is 0 Å². The molecule has 0 heterocycles. The summed E-state index contributed by atoms with van der Waals surface area (Å²) in [5.74, 6) is 1.41. The van der Waals surface area contributed by atoms with E-state index in [1.807, 2.05) is 30.3 Å². The summed E-state index contributed by atoms with van der Waals surface area (Å²) in [6.45, 7) is 1.59. The first-order chi connectivity index (χ1) is 13.6. The van der Waals surface area contributed by atoms with Crippen LogP contribution < -0.4 is 10.1 Å². The third kappa shape index (κ3) is 6.12. The second-order valence-corrected chi connectivity index (χ2v) is 7.25. The lowest BCUT2D eigenvalue weighted by Gasteiger charge is -2.15. The van der Waals surface area contributed by atoms with Crippen molar-refractivity contribution in [1.82, 2.24) is 0 Å². The van der Waals surface area contributed by atoms with E-state index < -0.39 is 6.10 Å². The summed E-state index contributed by atoms with van der Waals surface area (Å²) in [5, 5.41) is 2.76. The van der Waals surface area contributed by atoms with E-state index in [4.69, 9.17) is 9.47 Å². The summed E-state index contributed by atoms with van der Waals surface area (Å²) in [6.07, 6.45) is 5.34. The standard InChI is InChI=1S/C23H27NO4/c1-17(27-22(25)16-11-18-7-5-6-8-18)23(26)24-19-12-14-21(15-13-19)28-20-9-3-2-4-10-20/h2-4,9-10,12-15,17-18H,5-8,11,16H2,1H3,(H,24,26)/t17-/m0/s1. The van der Waals surface area contributed by atoms with Crippen LogP contribution in [-0.4, -0.2) is 18.0 Å². The molecule has 148 valence electrons. The molecule has 1 saturated carbocycles. The van der Waals surface area contributed by atoms with E-state index >= 15 is 0 Å². The molecule has 1 atom stereocenters. The molecule has 1 aliphatic rings. The lowest BCUT2D eigenvalue weighted by atomic mass is 10.0. The van der Waals surface area contributed by atoms with Crippen molar-refractivity contribution in [1.29, 1.82) is 0 Å². The average molecular weight is 381 g/mol. The smallest absolute Gasteiger partial charge is 0.306 e. The van der Waals surface area contributed by atoms with Crippen LogP contribution >= 0.6 is 0 Å². The summed E-state index contributed by atoms with van der Waals surface area (Å²) in [7, 11) is 0. The van der Waals surface area contributed by atoms with Gasteiger partial charge in [-0.05, 0) is 55.7 Å². The third-order valence-corrected chi connectivity index (χ3v) is 5.01. The molecule has 1 amide bonds. The van der Waals surface area contributed by atoms with Gasteiger partial charge in [-0.2, -0.15) is 0 Å². The molecule has 1 N–H and O–H groups in total. The number of nitrogens with one attached hydrogen (secondary N) is 1. The van der Waals surface area contributed by atoms with Gasteiger partial charge in [0.05, 0.1) is 0 Å². The van der Waals surface area contributed by atoms with Gasteiger partial charge >= 0.3 is 5.97 Å². The van der Waals surface area contributed by atoms with Gasteiger partial charge in [0.2, 0.25) is 0 Å². The molecule has 3 rings (SSSR count). The minimum atomic E-state index is -0.823. The number of ether oxygens (including phenoxy) is 2. The molecule has 1 aliphatic carbocycles. The number of carbonyl (C=O) groups excluding carboxylic acids is 2. The molecule has 0 saturated heterocycles. The number of anilines is 1. The lowest BCUT2D eigenvalue weighted by molar-refractivity contribution is -0.153. The highest BCUT2D eigenvalue weighted by Crippen LogP contribution is 2.28. The average Bonchev–Trinajstić information content (AvgIpc) is 3.22. The number of amides is 1. The van der Waals surface area contributed by atoms with Crippen molar-refractivity contribution in [2.45, 2.75) is 51.6 Å². The van der Waals surface area contributed by atoms with Crippen LogP contribution in [0, 0.1) is 5.92 Å². The van der Waals surface area contributed by atoms with Gasteiger partial charge in [-0.3, -0.25) is 9.59 Å². The van der Waals surface area contributed by atoms with E-state index in [1.165, 1.54) is 25.7 Å². The second-order valence-electron chi connectivity index (χ2n) is 7.25. The number of carbonyl (C=O) groups is 2. The van der Waals surface area contributed by atoms with Gasteiger partial charge in [-0.25, -0.2) is 0 Å². The van der Waals surface area contributed by atoms with Gasteiger partial charge in [0.15, 0.2) is 6.10 Å². The summed E-state index contributed by atoms with van der Waals surface area (Å²) >= 11 is 0. The van der Waals surface area contributed by atoms with E-state index in [9.17, 15) is 9.59 Å². The van der Waals surface area contributed by atoms with E-state index in [1.54, 1.807) is 31.2 Å². The maximum atomic E-state index is 12.3. The third-order valence-electron chi connectivity index (χ3n) is 5.01. The number of hydrogen-bond acceptors (Lipinski definition) is 4. The molecule has 1 fully saturated rings. The zero-order chi connectivity index (χ0) is 19.8. The summed E-state index contributed by atoms with van der Waals surface area (Å²) in [6, 6.07) is 16.5. The van der Waals surface area contributed by atoms with Crippen LogP contribution in [0.15, 0.2) is 54.6 Å². The number of benzene rings is 2. The minimum absolute atomic E-state index is 0.304. The molecule has 5 heteroatoms. The van der Waals surface area contributed by atoms with Crippen LogP contribution in [-0.2, 0) is 14.3 Å². The molecule has 0 bridgehead atoms. The Bertz CT molecular complexity index is 767. The molecule has 5 nitrogen and oxygen atoms in total. The minimum Gasteiger partial charge on any atom is -0.457 e. The van der Waals surface area contributed by atoms with Crippen molar-refractivity contribution in [2.24, 2.45) is 5.92 Å². The first-order valence-corrected chi connectivity index (χ1v) is 9.93. The second kappa shape index (κ2) is 9.93. The van der Waals surface area contributed by atoms with Crippen molar-refractivity contribution in [2.75, 3.05) is 5.32 Å². The number of hydrogen-bond donors (Lipinski definition) is 1. The van der Waals surface area contributed by atoms with Crippen LogP contribution in [0.3, 0.4) is 0 Å². The van der Waals surface area contributed by atoms with Crippen LogP contribution in [0.1, 0.15) is 45.4 Å². The number of para-hydroxylation sites is 1. The SMILES string of the molecule is C[C@H](OC(=O)CCC1CCCC1)C(=O)Nc1ccc(Oc2ccccc2)cc1. The highest BCUT2D eigenvalue weighted by Gasteiger charge is 2.20. The van der Waals surface area contributed by atoms with Crippen molar-refractivity contribution in [3.63, 3.8) is 0 Å². The summed E-state index contributed by atoms with van der Waals surface area (Å²) in [5.41, 5.74) is 0.624. The molecule has 2 aromatic carbocycles. The van der Waals surface area contributed by atoms with Crippen LogP contribution in [0.2, 0.25) is 0 Å². The fourth-order valence-corrected chi connectivity index (χ4v) is 3.41. The molecule has 0 spiro atoms. The monoisotopic (exact) mass is 381 g/mol. The number of esters is 1. The molecule has 2 aromatic rings. The quantitative estimate of drug-likeness (QED) is 0.629. The lowest BCUT2D eigenvalue weighted by Crippen LogP contribution is -2.30. The summed E-state index contributed by atoms with van der Waals surface area (Å²) < 4.78 is 11.0. The first-order valence-electron chi connectivity index (χ1n) is 9.93. The van der Waals surface area contributed by atoms with Gasteiger partial charge in [-0.15, -0.1) is 0 Å².